The Kier molecular flexibility index (Phi) is 5.17. The Labute approximate surface area is 158 Å². The number of carbonyl (C=O) groups excluding carboxylic acids is 1. The van der Waals surface area contributed by atoms with E-state index in [1.54, 1.807) is 17.2 Å². The molecular weight excluding hydrogens is 344 g/mol. The highest BCUT2D eigenvalue weighted by molar-refractivity contribution is 5.87. The van der Waals surface area contributed by atoms with Crippen LogP contribution in [0.25, 0.3) is 0 Å². The predicted molar refractivity (Wildman–Crippen MR) is 101 cm³/mol. The third-order valence-electron chi connectivity index (χ3n) is 4.38. The van der Waals surface area contributed by atoms with Gasteiger partial charge in [-0.25, -0.2) is 9.59 Å². The number of hydrogen-bond acceptors (Lipinski definition) is 4. The van der Waals surface area contributed by atoms with Gasteiger partial charge in [0.25, 0.3) is 0 Å². The summed E-state index contributed by atoms with van der Waals surface area (Å²) in [6, 6.07) is 7.86. The molecule has 0 saturated heterocycles. The number of benzene rings is 1. The van der Waals surface area contributed by atoms with Gasteiger partial charge >= 0.3 is 12.1 Å². The first-order valence-electron chi connectivity index (χ1n) is 8.97. The average Bonchev–Trinajstić information content (AvgIpc) is 2.60. The maximum absolute atomic E-state index is 12.3. The summed E-state index contributed by atoms with van der Waals surface area (Å²) in [5, 5.41) is 9.11. The zero-order valence-electron chi connectivity index (χ0n) is 15.9. The second-order valence-corrected chi connectivity index (χ2v) is 7.82. The maximum Gasteiger partial charge on any atom is 0.410 e. The fourth-order valence-electron chi connectivity index (χ4n) is 3.14. The van der Waals surface area contributed by atoms with Crippen LogP contribution in [0.3, 0.4) is 0 Å². The Morgan fingerprint density at radius 2 is 1.93 bits per heavy atom. The van der Waals surface area contributed by atoms with Crippen molar-refractivity contribution < 1.29 is 19.4 Å². The first-order chi connectivity index (χ1) is 12.7. The van der Waals surface area contributed by atoms with Crippen LogP contribution < -0.4 is 0 Å². The molecule has 27 heavy (non-hydrogen) atoms. The van der Waals surface area contributed by atoms with E-state index in [-0.39, 0.29) is 11.7 Å². The van der Waals surface area contributed by atoms with E-state index in [0.29, 0.717) is 19.5 Å². The fraction of sp³-hybridized carbons (Fsp3) is 0.381. The van der Waals surface area contributed by atoms with Gasteiger partial charge < -0.3 is 14.7 Å². The van der Waals surface area contributed by atoms with Crippen LogP contribution in [0.2, 0.25) is 0 Å². The van der Waals surface area contributed by atoms with Crippen molar-refractivity contribution in [3.05, 3.63) is 64.5 Å². The molecule has 0 atom stereocenters. The highest BCUT2D eigenvalue weighted by Crippen LogP contribution is 2.23. The van der Waals surface area contributed by atoms with E-state index in [2.05, 4.69) is 23.2 Å². The van der Waals surface area contributed by atoms with Crippen LogP contribution >= 0.6 is 0 Å². The maximum atomic E-state index is 12.3. The van der Waals surface area contributed by atoms with Gasteiger partial charge in [-0.05, 0) is 61.9 Å². The molecule has 0 aliphatic carbocycles. The molecule has 3 rings (SSSR count). The molecular formula is C21H24N2O4. The molecule has 6 heteroatoms. The topological polar surface area (TPSA) is 79.7 Å². The lowest BCUT2D eigenvalue weighted by Crippen LogP contribution is -2.39. The number of aromatic carboxylic acids is 1. The summed E-state index contributed by atoms with van der Waals surface area (Å²) < 4.78 is 5.48. The summed E-state index contributed by atoms with van der Waals surface area (Å²) in [6.45, 7) is 6.75. The highest BCUT2D eigenvalue weighted by Gasteiger charge is 2.25. The second kappa shape index (κ2) is 7.39. The van der Waals surface area contributed by atoms with Crippen molar-refractivity contribution in [1.29, 1.82) is 0 Å². The van der Waals surface area contributed by atoms with Crippen LogP contribution in [0.4, 0.5) is 4.79 Å². The van der Waals surface area contributed by atoms with Crippen molar-refractivity contribution in [3.63, 3.8) is 0 Å². The minimum absolute atomic E-state index is 0.182. The van der Waals surface area contributed by atoms with E-state index in [1.165, 1.54) is 11.8 Å². The van der Waals surface area contributed by atoms with Crippen LogP contribution in [0.15, 0.2) is 36.7 Å². The Morgan fingerprint density at radius 1 is 1.15 bits per heavy atom. The smallest absolute Gasteiger partial charge is 0.410 e. The summed E-state index contributed by atoms with van der Waals surface area (Å²) in [5.41, 5.74) is 3.91. The second-order valence-electron chi connectivity index (χ2n) is 7.82. The number of rotatable bonds is 3. The van der Waals surface area contributed by atoms with Crippen LogP contribution in [0.1, 0.15) is 53.4 Å². The summed E-state index contributed by atoms with van der Waals surface area (Å²) in [5.74, 6) is -0.984. The van der Waals surface area contributed by atoms with Crippen molar-refractivity contribution in [2.24, 2.45) is 0 Å². The van der Waals surface area contributed by atoms with Gasteiger partial charge in [-0.1, -0.05) is 18.2 Å². The van der Waals surface area contributed by atoms with Gasteiger partial charge in [0.15, 0.2) is 0 Å². The molecule has 0 saturated carbocycles. The first-order valence-corrected chi connectivity index (χ1v) is 8.97. The summed E-state index contributed by atoms with van der Waals surface area (Å²) in [6.07, 6.45) is 4.12. The Morgan fingerprint density at radius 3 is 2.63 bits per heavy atom. The van der Waals surface area contributed by atoms with E-state index in [1.807, 2.05) is 20.8 Å². The van der Waals surface area contributed by atoms with E-state index in [9.17, 15) is 9.59 Å². The molecule has 2 heterocycles. The third-order valence-corrected chi connectivity index (χ3v) is 4.38. The molecule has 0 unspecified atom stereocenters. The van der Waals surface area contributed by atoms with Gasteiger partial charge in [0.2, 0.25) is 0 Å². The molecule has 1 aromatic carbocycles. The van der Waals surface area contributed by atoms with Crippen molar-refractivity contribution in [1.82, 2.24) is 9.88 Å². The molecule has 6 nitrogen and oxygen atoms in total. The van der Waals surface area contributed by atoms with Crippen molar-refractivity contribution in [3.8, 4) is 0 Å². The van der Waals surface area contributed by atoms with Gasteiger partial charge in [-0.2, -0.15) is 0 Å². The Balaban J connectivity index is 1.75. The van der Waals surface area contributed by atoms with Gasteiger partial charge in [0.05, 0.1) is 5.56 Å². The van der Waals surface area contributed by atoms with Crippen LogP contribution in [0.5, 0.6) is 0 Å². The fourth-order valence-corrected chi connectivity index (χ4v) is 3.14. The predicted octanol–water partition coefficient (Wildman–Crippen LogP) is 3.66. The van der Waals surface area contributed by atoms with Crippen LogP contribution in [-0.4, -0.2) is 39.2 Å². The summed E-state index contributed by atoms with van der Waals surface area (Å²) in [4.78, 5) is 29.2. The van der Waals surface area contributed by atoms with Crippen LogP contribution in [-0.2, 0) is 24.1 Å². The monoisotopic (exact) mass is 368 g/mol. The van der Waals surface area contributed by atoms with E-state index in [0.717, 1.165) is 23.1 Å². The Bertz CT molecular complexity index is 871. The van der Waals surface area contributed by atoms with Gasteiger partial charge in [-0.15, -0.1) is 0 Å². The lowest BCUT2D eigenvalue weighted by Gasteiger charge is -2.31. The molecule has 0 radical (unpaired) electrons. The quantitative estimate of drug-likeness (QED) is 0.894. The number of fused-ring (bicyclic) bond motifs is 1. The standard InChI is InChI=1S/C21H24N2O4/c1-21(2,3)27-20(26)23-7-6-16-5-4-14(9-18(16)13-23)8-15-10-17(19(24)25)12-22-11-15/h4-5,9-12H,6-8,13H2,1-3H3,(H,24,25). The van der Waals surface area contributed by atoms with Crippen molar-refractivity contribution >= 4 is 12.1 Å². The lowest BCUT2D eigenvalue weighted by molar-refractivity contribution is 0.0223. The number of carbonyl (C=O) groups is 2. The molecule has 1 aliphatic heterocycles. The average molecular weight is 368 g/mol. The minimum Gasteiger partial charge on any atom is -0.478 e. The van der Waals surface area contributed by atoms with Crippen LogP contribution in [0, 0.1) is 0 Å². The number of amides is 1. The van der Waals surface area contributed by atoms with Crippen molar-refractivity contribution in [2.75, 3.05) is 6.54 Å². The Hall–Kier alpha value is -2.89. The number of aromatic nitrogens is 1. The minimum atomic E-state index is -0.984. The SMILES string of the molecule is CC(C)(C)OC(=O)N1CCc2ccc(Cc3cncc(C(=O)O)c3)cc2C1. The molecule has 142 valence electrons. The normalized spacial score (nSPS) is 13.8. The molecule has 1 N–H and O–H groups in total. The number of pyridine rings is 1. The number of ether oxygens (including phenoxy) is 1. The number of nitrogens with zero attached hydrogens (tertiary/aromatic N) is 2. The third kappa shape index (κ3) is 4.84. The number of hydrogen-bond donors (Lipinski definition) is 1. The van der Waals surface area contributed by atoms with Crippen molar-refractivity contribution in [2.45, 2.75) is 45.8 Å². The largest absolute Gasteiger partial charge is 0.478 e. The summed E-state index contributed by atoms with van der Waals surface area (Å²) in [7, 11) is 0. The summed E-state index contributed by atoms with van der Waals surface area (Å²) >= 11 is 0. The molecule has 2 aromatic rings. The van der Waals surface area contributed by atoms with Gasteiger partial charge in [-0.3, -0.25) is 4.98 Å². The zero-order chi connectivity index (χ0) is 19.6. The van der Waals surface area contributed by atoms with Gasteiger partial charge in [0, 0.05) is 25.5 Å². The zero-order valence-corrected chi connectivity index (χ0v) is 15.9. The molecule has 1 aliphatic rings. The van der Waals surface area contributed by atoms with E-state index in [4.69, 9.17) is 9.84 Å². The molecule has 0 spiro atoms. The lowest BCUT2D eigenvalue weighted by atomic mass is 9.95. The number of carboxylic acid groups (broad SMARTS) is 1. The van der Waals surface area contributed by atoms with Gasteiger partial charge in [0.1, 0.15) is 5.60 Å². The molecule has 1 aromatic heterocycles. The molecule has 0 fully saturated rings. The molecule has 0 bridgehead atoms. The first kappa shape index (κ1) is 18.9. The number of carboxylic acids is 1. The molecule has 1 amide bonds. The van der Waals surface area contributed by atoms with E-state index >= 15 is 0 Å². The van der Waals surface area contributed by atoms with E-state index < -0.39 is 11.6 Å². The highest BCUT2D eigenvalue weighted by atomic mass is 16.6.